The van der Waals surface area contributed by atoms with Crippen LogP contribution in [0.3, 0.4) is 0 Å². The predicted octanol–water partition coefficient (Wildman–Crippen LogP) is 1.53. The maximum absolute atomic E-state index is 11.0. The lowest BCUT2D eigenvalue weighted by molar-refractivity contribution is 0.133. The second kappa shape index (κ2) is 8.81. The first-order chi connectivity index (χ1) is 6.66. The number of aliphatic hydroxyl groups excluding tert-OH is 1. The Balaban J connectivity index is 3.18. The van der Waals surface area contributed by atoms with Crippen molar-refractivity contribution in [2.75, 3.05) is 19.8 Å². The normalized spacial score (nSPS) is 10.3. The number of hydrogen-bond acceptors (Lipinski definition) is 3. The van der Waals surface area contributed by atoms with Gasteiger partial charge in [-0.2, -0.15) is 0 Å². The Hall–Kier alpha value is -0.770. The largest absolute Gasteiger partial charge is 0.449 e. The van der Waals surface area contributed by atoms with Crippen molar-refractivity contribution in [3.05, 3.63) is 0 Å². The maximum Gasteiger partial charge on any atom is 0.407 e. The molecule has 14 heavy (non-hydrogen) atoms. The molecule has 0 bridgehead atoms. The highest BCUT2D eigenvalue weighted by Gasteiger charge is 2.01. The number of unbranched alkanes of at least 4 members (excludes halogenated alkanes) is 2. The number of hydrogen-bond donors (Lipinski definition) is 2. The monoisotopic (exact) mass is 203 g/mol. The van der Waals surface area contributed by atoms with Crippen LogP contribution in [0.1, 0.15) is 33.1 Å². The molecular weight excluding hydrogens is 182 g/mol. The molecular formula is C10H21NO3. The van der Waals surface area contributed by atoms with E-state index in [4.69, 9.17) is 9.84 Å². The number of aliphatic hydroxyl groups is 1. The lowest BCUT2D eigenvalue weighted by Crippen LogP contribution is -2.26. The molecule has 2 N–H and O–H groups in total. The minimum absolute atomic E-state index is 0.220. The first-order valence-corrected chi connectivity index (χ1v) is 5.18. The summed E-state index contributed by atoms with van der Waals surface area (Å²) in [7, 11) is 0. The van der Waals surface area contributed by atoms with Gasteiger partial charge >= 0.3 is 6.09 Å². The van der Waals surface area contributed by atoms with Crippen LogP contribution in [0.25, 0.3) is 0 Å². The molecule has 0 aliphatic heterocycles. The quantitative estimate of drug-likeness (QED) is 0.617. The molecule has 0 aromatic carbocycles. The molecule has 0 fully saturated rings. The number of ether oxygens (including phenoxy) is 1. The zero-order valence-corrected chi connectivity index (χ0v) is 9.08. The van der Waals surface area contributed by atoms with E-state index in [1.54, 1.807) is 0 Å². The lowest BCUT2D eigenvalue weighted by atomic mass is 10.2. The summed E-state index contributed by atoms with van der Waals surface area (Å²) in [6.07, 6.45) is 2.27. The molecule has 0 saturated heterocycles. The molecule has 4 heteroatoms. The zero-order valence-electron chi connectivity index (χ0n) is 9.08. The first-order valence-electron chi connectivity index (χ1n) is 5.18. The molecule has 0 saturated carbocycles. The van der Waals surface area contributed by atoms with Gasteiger partial charge in [0.25, 0.3) is 0 Å². The van der Waals surface area contributed by atoms with Gasteiger partial charge in [0.05, 0.1) is 6.61 Å². The molecule has 0 aliphatic carbocycles. The van der Waals surface area contributed by atoms with E-state index in [2.05, 4.69) is 5.32 Å². The van der Waals surface area contributed by atoms with Crippen LogP contribution in [0.5, 0.6) is 0 Å². The smallest absolute Gasteiger partial charge is 0.407 e. The van der Waals surface area contributed by atoms with Crippen molar-refractivity contribution in [1.82, 2.24) is 5.32 Å². The summed E-state index contributed by atoms with van der Waals surface area (Å²) in [5.41, 5.74) is 0. The van der Waals surface area contributed by atoms with Crippen LogP contribution in [0.4, 0.5) is 4.79 Å². The Morgan fingerprint density at radius 2 is 2.07 bits per heavy atom. The standard InChI is InChI=1S/C10H21NO3/c1-9(2)8-14-10(13)11-6-4-3-5-7-12/h9,12H,3-8H2,1-2H3,(H,11,13). The highest BCUT2D eigenvalue weighted by Crippen LogP contribution is 1.94. The molecule has 0 aromatic heterocycles. The van der Waals surface area contributed by atoms with E-state index in [-0.39, 0.29) is 12.7 Å². The van der Waals surface area contributed by atoms with Gasteiger partial charge in [0.1, 0.15) is 0 Å². The summed E-state index contributed by atoms with van der Waals surface area (Å²) < 4.78 is 4.91. The fourth-order valence-corrected chi connectivity index (χ4v) is 0.897. The van der Waals surface area contributed by atoms with Gasteiger partial charge in [0.15, 0.2) is 0 Å². The fraction of sp³-hybridized carbons (Fsp3) is 0.900. The topological polar surface area (TPSA) is 58.6 Å². The van der Waals surface area contributed by atoms with Crippen LogP contribution in [0, 0.1) is 5.92 Å². The SMILES string of the molecule is CC(C)COC(=O)NCCCCCO. The average Bonchev–Trinajstić information content (AvgIpc) is 2.14. The van der Waals surface area contributed by atoms with Gasteiger partial charge in [0.2, 0.25) is 0 Å². The molecule has 0 aromatic rings. The molecule has 0 spiro atoms. The second-order valence-electron chi connectivity index (χ2n) is 3.70. The van der Waals surface area contributed by atoms with Crippen molar-refractivity contribution >= 4 is 6.09 Å². The number of carbonyl (C=O) groups is 1. The van der Waals surface area contributed by atoms with Crippen molar-refractivity contribution in [2.24, 2.45) is 5.92 Å². The molecule has 0 radical (unpaired) electrons. The summed E-state index contributed by atoms with van der Waals surface area (Å²) >= 11 is 0. The van der Waals surface area contributed by atoms with Crippen LogP contribution >= 0.6 is 0 Å². The summed E-state index contributed by atoms with van der Waals surface area (Å²) in [4.78, 5) is 11.0. The van der Waals surface area contributed by atoms with E-state index in [0.29, 0.717) is 19.1 Å². The molecule has 1 amide bonds. The Morgan fingerprint density at radius 1 is 1.36 bits per heavy atom. The van der Waals surface area contributed by atoms with Gasteiger partial charge in [0, 0.05) is 13.2 Å². The van der Waals surface area contributed by atoms with Crippen molar-refractivity contribution in [1.29, 1.82) is 0 Å². The van der Waals surface area contributed by atoms with Crippen LogP contribution < -0.4 is 5.32 Å². The van der Waals surface area contributed by atoms with E-state index in [0.717, 1.165) is 19.3 Å². The molecule has 0 unspecified atom stereocenters. The molecule has 4 nitrogen and oxygen atoms in total. The van der Waals surface area contributed by atoms with Crippen molar-refractivity contribution in [2.45, 2.75) is 33.1 Å². The third-order valence-corrected chi connectivity index (χ3v) is 1.65. The number of amides is 1. The Kier molecular flexibility index (Phi) is 8.33. The van der Waals surface area contributed by atoms with Crippen molar-refractivity contribution in [3.63, 3.8) is 0 Å². The summed E-state index contributed by atoms with van der Waals surface area (Å²) in [6.45, 7) is 5.29. The molecule has 0 aliphatic rings. The Bertz CT molecular complexity index is 148. The number of nitrogens with one attached hydrogen (secondary N) is 1. The summed E-state index contributed by atoms with van der Waals surface area (Å²) in [5.74, 6) is 0.370. The molecule has 84 valence electrons. The summed E-state index contributed by atoms with van der Waals surface area (Å²) in [6, 6.07) is 0. The predicted molar refractivity (Wildman–Crippen MR) is 55.1 cm³/mol. The van der Waals surface area contributed by atoms with E-state index >= 15 is 0 Å². The molecule has 0 rings (SSSR count). The second-order valence-corrected chi connectivity index (χ2v) is 3.70. The highest BCUT2D eigenvalue weighted by molar-refractivity contribution is 5.66. The van der Waals surface area contributed by atoms with Gasteiger partial charge < -0.3 is 15.2 Å². The fourth-order valence-electron chi connectivity index (χ4n) is 0.897. The maximum atomic E-state index is 11.0. The summed E-state index contributed by atoms with van der Waals surface area (Å²) in [5, 5.41) is 11.2. The van der Waals surface area contributed by atoms with Crippen molar-refractivity contribution in [3.8, 4) is 0 Å². The third-order valence-electron chi connectivity index (χ3n) is 1.65. The Morgan fingerprint density at radius 3 is 2.64 bits per heavy atom. The molecule has 0 heterocycles. The van der Waals surface area contributed by atoms with Crippen LogP contribution in [-0.4, -0.2) is 31.0 Å². The van der Waals surface area contributed by atoms with E-state index in [1.807, 2.05) is 13.8 Å². The number of rotatable bonds is 7. The van der Waals surface area contributed by atoms with E-state index < -0.39 is 0 Å². The van der Waals surface area contributed by atoms with E-state index in [9.17, 15) is 4.79 Å². The number of carbonyl (C=O) groups excluding carboxylic acids is 1. The average molecular weight is 203 g/mol. The van der Waals surface area contributed by atoms with Crippen LogP contribution in [0.15, 0.2) is 0 Å². The van der Waals surface area contributed by atoms with Gasteiger partial charge in [-0.15, -0.1) is 0 Å². The van der Waals surface area contributed by atoms with Crippen LogP contribution in [-0.2, 0) is 4.74 Å². The third kappa shape index (κ3) is 9.32. The van der Waals surface area contributed by atoms with E-state index in [1.165, 1.54) is 0 Å². The van der Waals surface area contributed by atoms with Gasteiger partial charge in [-0.05, 0) is 25.2 Å². The highest BCUT2D eigenvalue weighted by atomic mass is 16.5. The lowest BCUT2D eigenvalue weighted by Gasteiger charge is -2.08. The van der Waals surface area contributed by atoms with Gasteiger partial charge in [-0.25, -0.2) is 4.79 Å². The van der Waals surface area contributed by atoms with Crippen LogP contribution in [0.2, 0.25) is 0 Å². The minimum atomic E-state index is -0.345. The minimum Gasteiger partial charge on any atom is -0.449 e. The van der Waals surface area contributed by atoms with Gasteiger partial charge in [-0.3, -0.25) is 0 Å². The Labute approximate surface area is 85.6 Å². The number of alkyl carbamates (subject to hydrolysis) is 1. The molecule has 0 atom stereocenters. The van der Waals surface area contributed by atoms with Crippen molar-refractivity contribution < 1.29 is 14.6 Å². The van der Waals surface area contributed by atoms with Gasteiger partial charge in [-0.1, -0.05) is 13.8 Å². The zero-order chi connectivity index (χ0) is 10.8. The first kappa shape index (κ1) is 13.2.